The Bertz CT molecular complexity index is 377. The van der Waals surface area contributed by atoms with Crippen molar-refractivity contribution in [3.8, 4) is 5.75 Å². The summed E-state index contributed by atoms with van der Waals surface area (Å²) in [5.74, 6) is 0.516. The molecule has 7 heteroatoms. The molecule has 1 aliphatic heterocycles. The number of anilines is 1. The van der Waals surface area contributed by atoms with Crippen LogP contribution in [0.4, 0.5) is 14.7 Å². The predicted molar refractivity (Wildman–Crippen MR) is 62.9 cm³/mol. The summed E-state index contributed by atoms with van der Waals surface area (Å²) < 4.78 is 28.2. The third-order valence-electron chi connectivity index (χ3n) is 2.68. The Hall–Kier alpha value is -1.50. The third-order valence-corrected chi connectivity index (χ3v) is 2.68. The summed E-state index contributed by atoms with van der Waals surface area (Å²) >= 11 is 0. The molecule has 2 heterocycles. The van der Waals surface area contributed by atoms with Gasteiger partial charge in [-0.1, -0.05) is 0 Å². The van der Waals surface area contributed by atoms with Crippen molar-refractivity contribution in [2.45, 2.75) is 32.5 Å². The first-order valence-electron chi connectivity index (χ1n) is 5.82. The van der Waals surface area contributed by atoms with Crippen LogP contribution in [-0.2, 0) is 0 Å². The molecule has 0 bridgehead atoms. The van der Waals surface area contributed by atoms with Crippen molar-refractivity contribution in [1.82, 2.24) is 15.3 Å². The van der Waals surface area contributed by atoms with E-state index in [1.165, 1.54) is 12.4 Å². The first-order chi connectivity index (χ1) is 8.54. The van der Waals surface area contributed by atoms with Crippen molar-refractivity contribution >= 4 is 5.95 Å². The number of nitrogens with zero attached hydrogens (tertiary/aromatic N) is 3. The Morgan fingerprint density at radius 2 is 1.83 bits per heavy atom. The molecule has 1 aliphatic rings. The molecule has 2 atom stereocenters. The van der Waals surface area contributed by atoms with Gasteiger partial charge in [-0.2, -0.15) is 8.78 Å². The molecular formula is C11H16F2N4O. The van der Waals surface area contributed by atoms with E-state index in [-0.39, 0.29) is 5.75 Å². The maximum atomic E-state index is 12.0. The maximum Gasteiger partial charge on any atom is 0.387 e. The Labute approximate surface area is 104 Å². The zero-order chi connectivity index (χ0) is 13.1. The summed E-state index contributed by atoms with van der Waals surface area (Å²) in [5, 5.41) is 3.40. The second-order valence-electron chi connectivity index (χ2n) is 4.47. The topological polar surface area (TPSA) is 50.3 Å². The van der Waals surface area contributed by atoms with E-state index in [2.05, 4.69) is 33.9 Å². The summed E-state index contributed by atoms with van der Waals surface area (Å²) in [6.45, 7) is 2.89. The smallest absolute Gasteiger partial charge is 0.387 e. The predicted octanol–water partition coefficient (Wildman–Crippen LogP) is 1.26. The molecule has 18 heavy (non-hydrogen) atoms. The van der Waals surface area contributed by atoms with Gasteiger partial charge in [-0.05, 0) is 13.8 Å². The Morgan fingerprint density at radius 3 is 2.33 bits per heavy atom. The van der Waals surface area contributed by atoms with Gasteiger partial charge >= 0.3 is 6.61 Å². The summed E-state index contributed by atoms with van der Waals surface area (Å²) in [6.07, 6.45) is 2.54. The van der Waals surface area contributed by atoms with Gasteiger partial charge in [0.2, 0.25) is 5.95 Å². The monoisotopic (exact) mass is 258 g/mol. The number of ether oxygens (including phenoxy) is 1. The molecule has 1 fully saturated rings. The van der Waals surface area contributed by atoms with E-state index < -0.39 is 6.61 Å². The molecule has 0 saturated carbocycles. The van der Waals surface area contributed by atoms with E-state index >= 15 is 0 Å². The Morgan fingerprint density at radius 1 is 1.28 bits per heavy atom. The van der Waals surface area contributed by atoms with Crippen LogP contribution in [0.1, 0.15) is 13.8 Å². The largest absolute Gasteiger partial charge is 0.432 e. The molecule has 0 radical (unpaired) electrons. The molecule has 1 N–H and O–H groups in total. The van der Waals surface area contributed by atoms with Crippen molar-refractivity contribution < 1.29 is 13.5 Å². The molecule has 1 aromatic rings. The van der Waals surface area contributed by atoms with Gasteiger partial charge in [0.15, 0.2) is 5.75 Å². The number of piperazine rings is 1. The molecule has 2 rings (SSSR count). The standard InChI is InChI=1S/C11H16F2N4O/c1-7-5-17(6-8(2)16-7)11-14-3-9(4-15-11)18-10(12)13/h3-4,7-8,10,16H,5-6H2,1-2H3/t7-,8-/m1/s1. The van der Waals surface area contributed by atoms with Crippen LogP contribution in [0.25, 0.3) is 0 Å². The molecule has 0 spiro atoms. The quantitative estimate of drug-likeness (QED) is 0.884. The fourth-order valence-electron chi connectivity index (χ4n) is 2.13. The normalized spacial score (nSPS) is 24.4. The number of nitrogens with one attached hydrogen (secondary N) is 1. The lowest BCUT2D eigenvalue weighted by Crippen LogP contribution is -2.54. The van der Waals surface area contributed by atoms with Crippen LogP contribution in [0.5, 0.6) is 5.75 Å². The molecular weight excluding hydrogens is 242 g/mol. The van der Waals surface area contributed by atoms with E-state index in [0.717, 1.165) is 13.1 Å². The Balaban J connectivity index is 2.04. The third kappa shape index (κ3) is 3.25. The summed E-state index contributed by atoms with van der Waals surface area (Å²) in [6, 6.07) is 0.684. The summed E-state index contributed by atoms with van der Waals surface area (Å²) in [5.41, 5.74) is 0. The van der Waals surface area contributed by atoms with Gasteiger partial charge < -0.3 is 15.0 Å². The van der Waals surface area contributed by atoms with Crippen LogP contribution < -0.4 is 15.0 Å². The minimum atomic E-state index is -2.85. The molecule has 1 aromatic heterocycles. The van der Waals surface area contributed by atoms with Gasteiger partial charge in [-0.25, -0.2) is 9.97 Å². The minimum Gasteiger partial charge on any atom is -0.432 e. The van der Waals surface area contributed by atoms with Gasteiger partial charge in [0.25, 0.3) is 0 Å². The van der Waals surface area contributed by atoms with Crippen LogP contribution in [0.15, 0.2) is 12.4 Å². The molecule has 0 aromatic carbocycles. The van der Waals surface area contributed by atoms with Crippen molar-refractivity contribution in [2.24, 2.45) is 0 Å². The number of hydrogen-bond donors (Lipinski definition) is 1. The number of halogens is 2. The Kier molecular flexibility index (Phi) is 3.90. The lowest BCUT2D eigenvalue weighted by molar-refractivity contribution is -0.0503. The molecule has 0 amide bonds. The molecule has 100 valence electrons. The lowest BCUT2D eigenvalue weighted by Gasteiger charge is -2.36. The zero-order valence-electron chi connectivity index (χ0n) is 10.3. The maximum absolute atomic E-state index is 12.0. The van der Waals surface area contributed by atoms with Gasteiger partial charge in [-0.3, -0.25) is 0 Å². The minimum absolute atomic E-state index is 0.0232. The summed E-state index contributed by atoms with van der Waals surface area (Å²) in [7, 11) is 0. The molecule has 5 nitrogen and oxygen atoms in total. The van der Waals surface area contributed by atoms with Gasteiger partial charge in [0.05, 0.1) is 12.4 Å². The van der Waals surface area contributed by atoms with E-state index in [1.54, 1.807) is 0 Å². The van der Waals surface area contributed by atoms with E-state index in [0.29, 0.717) is 18.0 Å². The van der Waals surface area contributed by atoms with Gasteiger partial charge in [0, 0.05) is 25.2 Å². The average molecular weight is 258 g/mol. The molecule has 0 unspecified atom stereocenters. The number of rotatable bonds is 3. The highest BCUT2D eigenvalue weighted by molar-refractivity contribution is 5.33. The lowest BCUT2D eigenvalue weighted by atomic mass is 10.1. The van der Waals surface area contributed by atoms with Crippen molar-refractivity contribution in [1.29, 1.82) is 0 Å². The van der Waals surface area contributed by atoms with Crippen LogP contribution in [-0.4, -0.2) is 41.8 Å². The first-order valence-corrected chi connectivity index (χ1v) is 5.82. The molecule has 1 saturated heterocycles. The number of alkyl halides is 2. The highest BCUT2D eigenvalue weighted by Gasteiger charge is 2.22. The highest BCUT2D eigenvalue weighted by Crippen LogP contribution is 2.16. The number of aromatic nitrogens is 2. The van der Waals surface area contributed by atoms with Crippen LogP contribution in [0, 0.1) is 0 Å². The van der Waals surface area contributed by atoms with Crippen molar-refractivity contribution in [2.75, 3.05) is 18.0 Å². The van der Waals surface area contributed by atoms with Crippen LogP contribution in [0.2, 0.25) is 0 Å². The summed E-state index contributed by atoms with van der Waals surface area (Å²) in [4.78, 5) is 10.1. The van der Waals surface area contributed by atoms with Gasteiger partial charge in [0.1, 0.15) is 0 Å². The first kappa shape index (κ1) is 12.9. The van der Waals surface area contributed by atoms with Gasteiger partial charge in [-0.15, -0.1) is 0 Å². The average Bonchev–Trinajstić information content (AvgIpc) is 2.27. The van der Waals surface area contributed by atoms with Crippen molar-refractivity contribution in [3.05, 3.63) is 12.4 Å². The highest BCUT2D eigenvalue weighted by atomic mass is 19.3. The van der Waals surface area contributed by atoms with E-state index in [4.69, 9.17) is 0 Å². The van der Waals surface area contributed by atoms with Crippen LogP contribution in [0.3, 0.4) is 0 Å². The van der Waals surface area contributed by atoms with E-state index in [9.17, 15) is 8.78 Å². The van der Waals surface area contributed by atoms with Crippen LogP contribution >= 0.6 is 0 Å². The van der Waals surface area contributed by atoms with Crippen molar-refractivity contribution in [3.63, 3.8) is 0 Å². The second kappa shape index (κ2) is 5.43. The number of hydrogen-bond acceptors (Lipinski definition) is 5. The SMILES string of the molecule is C[C@@H]1CN(c2ncc(OC(F)F)cn2)C[C@@H](C)N1. The molecule has 0 aliphatic carbocycles. The second-order valence-corrected chi connectivity index (χ2v) is 4.47. The fraction of sp³-hybridized carbons (Fsp3) is 0.636. The fourth-order valence-corrected chi connectivity index (χ4v) is 2.13. The zero-order valence-corrected chi connectivity index (χ0v) is 10.3. The van der Waals surface area contributed by atoms with E-state index in [1.807, 2.05) is 4.90 Å².